The van der Waals surface area contributed by atoms with Gasteiger partial charge in [0.1, 0.15) is 11.4 Å². The number of ketones is 1. The minimum absolute atomic E-state index is 0.0239. The van der Waals surface area contributed by atoms with Gasteiger partial charge in [-0.2, -0.15) is 0 Å². The van der Waals surface area contributed by atoms with Crippen molar-refractivity contribution in [2.75, 3.05) is 0 Å². The van der Waals surface area contributed by atoms with E-state index in [0.717, 1.165) is 0 Å². The first kappa shape index (κ1) is 17.9. The van der Waals surface area contributed by atoms with Crippen molar-refractivity contribution in [3.05, 3.63) is 0 Å². The molecule has 0 aromatic heterocycles. The standard InChI is InChI=1S/C15H24O6/c1-10-4-7-13(14(3,19)8-16)15(9-17,21-20)12(10)6-5-11(2)18/h8-10,12-13,19-20H,4-7H2,1-3H3/t10-,12?,13?,14+,15-/m1/s1. The Balaban J connectivity index is 3.21. The molecule has 0 amide bonds. The Morgan fingerprint density at radius 1 is 1.43 bits per heavy atom. The molecule has 0 spiro atoms. The maximum Gasteiger partial charge on any atom is 0.167 e. The Hall–Kier alpha value is -1.11. The summed E-state index contributed by atoms with van der Waals surface area (Å²) < 4.78 is 0. The van der Waals surface area contributed by atoms with E-state index in [2.05, 4.69) is 4.89 Å². The highest BCUT2D eigenvalue weighted by Crippen LogP contribution is 2.48. The van der Waals surface area contributed by atoms with E-state index >= 15 is 0 Å². The van der Waals surface area contributed by atoms with E-state index in [1.165, 1.54) is 13.8 Å². The maximum absolute atomic E-state index is 11.7. The predicted octanol–water partition coefficient (Wildman–Crippen LogP) is 1.40. The fourth-order valence-corrected chi connectivity index (χ4v) is 3.58. The summed E-state index contributed by atoms with van der Waals surface area (Å²) in [5, 5.41) is 19.6. The summed E-state index contributed by atoms with van der Waals surface area (Å²) in [6.07, 6.45) is 2.51. The number of hydrogen-bond donors (Lipinski definition) is 2. The molecule has 120 valence electrons. The molecule has 0 radical (unpaired) electrons. The minimum Gasteiger partial charge on any atom is -0.382 e. The van der Waals surface area contributed by atoms with Crippen LogP contribution in [0.5, 0.6) is 0 Å². The lowest BCUT2D eigenvalue weighted by Crippen LogP contribution is -2.61. The van der Waals surface area contributed by atoms with Gasteiger partial charge >= 0.3 is 0 Å². The maximum atomic E-state index is 11.7. The van der Waals surface area contributed by atoms with Gasteiger partial charge in [-0.1, -0.05) is 6.92 Å². The molecule has 2 unspecified atom stereocenters. The number of Topliss-reactive ketones (excluding diaryl/α,β-unsaturated/α-hetero) is 1. The smallest absolute Gasteiger partial charge is 0.167 e. The molecular formula is C15H24O6. The lowest BCUT2D eigenvalue weighted by Gasteiger charge is -2.49. The minimum atomic E-state index is -1.78. The quantitative estimate of drug-likeness (QED) is 0.418. The van der Waals surface area contributed by atoms with Crippen LogP contribution in [0.25, 0.3) is 0 Å². The van der Waals surface area contributed by atoms with Crippen LogP contribution in [0, 0.1) is 17.8 Å². The summed E-state index contributed by atoms with van der Waals surface area (Å²) in [6, 6.07) is 0. The summed E-state index contributed by atoms with van der Waals surface area (Å²) in [4.78, 5) is 38.6. The van der Waals surface area contributed by atoms with Gasteiger partial charge in [-0.15, -0.1) is 0 Å². The van der Waals surface area contributed by atoms with E-state index < -0.39 is 23.0 Å². The first-order chi connectivity index (χ1) is 9.75. The van der Waals surface area contributed by atoms with E-state index in [1.807, 2.05) is 6.92 Å². The largest absolute Gasteiger partial charge is 0.382 e. The number of aliphatic hydroxyl groups is 1. The molecule has 6 nitrogen and oxygen atoms in total. The molecule has 1 rings (SSSR count). The van der Waals surface area contributed by atoms with Crippen LogP contribution in [0.3, 0.4) is 0 Å². The van der Waals surface area contributed by atoms with Gasteiger partial charge in [-0.3, -0.25) is 10.1 Å². The van der Waals surface area contributed by atoms with Crippen molar-refractivity contribution in [1.29, 1.82) is 0 Å². The summed E-state index contributed by atoms with van der Waals surface area (Å²) >= 11 is 0. The number of carbonyl (C=O) groups is 3. The van der Waals surface area contributed by atoms with E-state index in [0.29, 0.717) is 31.8 Å². The van der Waals surface area contributed by atoms with E-state index in [4.69, 9.17) is 0 Å². The lowest BCUT2D eigenvalue weighted by atomic mass is 9.59. The summed E-state index contributed by atoms with van der Waals surface area (Å²) in [5.41, 5.74) is -3.45. The molecule has 0 aromatic carbocycles. The predicted molar refractivity (Wildman–Crippen MR) is 74.5 cm³/mol. The van der Waals surface area contributed by atoms with Crippen molar-refractivity contribution in [3.63, 3.8) is 0 Å². The van der Waals surface area contributed by atoms with Crippen LogP contribution in [0.4, 0.5) is 0 Å². The third-order valence-electron chi connectivity index (χ3n) is 4.82. The Labute approximate surface area is 124 Å². The summed E-state index contributed by atoms with van der Waals surface area (Å²) in [6.45, 7) is 4.67. The Bertz CT molecular complexity index is 405. The van der Waals surface area contributed by atoms with Gasteiger partial charge in [0, 0.05) is 18.3 Å². The van der Waals surface area contributed by atoms with Crippen LogP contribution in [-0.2, 0) is 19.3 Å². The monoisotopic (exact) mass is 300 g/mol. The number of hydrogen-bond acceptors (Lipinski definition) is 6. The molecule has 1 saturated carbocycles. The summed E-state index contributed by atoms with van der Waals surface area (Å²) in [7, 11) is 0. The Morgan fingerprint density at radius 2 is 2.05 bits per heavy atom. The molecule has 0 heterocycles. The van der Waals surface area contributed by atoms with Gasteiger partial charge < -0.3 is 14.7 Å². The molecule has 2 N–H and O–H groups in total. The van der Waals surface area contributed by atoms with Crippen LogP contribution in [0.15, 0.2) is 0 Å². The van der Waals surface area contributed by atoms with Gasteiger partial charge in [-0.05, 0) is 39.0 Å². The van der Waals surface area contributed by atoms with Crippen molar-refractivity contribution in [3.8, 4) is 0 Å². The fraction of sp³-hybridized carbons (Fsp3) is 0.800. The molecule has 1 fully saturated rings. The van der Waals surface area contributed by atoms with Crippen molar-refractivity contribution in [2.24, 2.45) is 17.8 Å². The number of rotatable bonds is 7. The van der Waals surface area contributed by atoms with E-state index in [-0.39, 0.29) is 18.1 Å². The highest BCUT2D eigenvalue weighted by atomic mass is 17.1. The third-order valence-corrected chi connectivity index (χ3v) is 4.82. The SMILES string of the molecule is CC(=O)CCC1[C@H](C)CCC([C@@](C)(O)C=O)[C@]1(C=O)OO. The van der Waals surface area contributed by atoms with Gasteiger partial charge in [0.25, 0.3) is 0 Å². The molecule has 0 aliphatic heterocycles. The zero-order valence-electron chi connectivity index (χ0n) is 12.7. The first-order valence-electron chi connectivity index (χ1n) is 7.22. The van der Waals surface area contributed by atoms with Crippen molar-refractivity contribution in [1.82, 2.24) is 0 Å². The van der Waals surface area contributed by atoms with Crippen molar-refractivity contribution < 1.29 is 29.6 Å². The molecule has 0 saturated heterocycles. The van der Waals surface area contributed by atoms with Crippen LogP contribution >= 0.6 is 0 Å². The zero-order valence-corrected chi connectivity index (χ0v) is 12.7. The van der Waals surface area contributed by atoms with Crippen LogP contribution in [-0.4, -0.2) is 39.9 Å². The highest BCUT2D eigenvalue weighted by molar-refractivity contribution is 5.75. The molecule has 21 heavy (non-hydrogen) atoms. The van der Waals surface area contributed by atoms with Crippen molar-refractivity contribution in [2.45, 2.75) is 57.7 Å². The molecule has 0 bridgehead atoms. The van der Waals surface area contributed by atoms with Crippen LogP contribution in [0.1, 0.15) is 46.5 Å². The number of carbonyl (C=O) groups excluding carboxylic acids is 3. The van der Waals surface area contributed by atoms with E-state index in [9.17, 15) is 24.7 Å². The van der Waals surface area contributed by atoms with Gasteiger partial charge in [-0.25, -0.2) is 4.89 Å². The average Bonchev–Trinajstić information content (AvgIpc) is 2.44. The normalized spacial score (nSPS) is 35.8. The first-order valence-corrected chi connectivity index (χ1v) is 7.22. The second-order valence-electron chi connectivity index (χ2n) is 6.36. The molecule has 0 aromatic rings. The topological polar surface area (TPSA) is 101 Å². The van der Waals surface area contributed by atoms with Crippen molar-refractivity contribution >= 4 is 18.4 Å². The zero-order chi connectivity index (χ0) is 16.3. The van der Waals surface area contributed by atoms with Gasteiger partial charge in [0.15, 0.2) is 18.2 Å². The molecule has 1 aliphatic rings. The van der Waals surface area contributed by atoms with E-state index in [1.54, 1.807) is 0 Å². The van der Waals surface area contributed by atoms with Gasteiger partial charge in [0.2, 0.25) is 0 Å². The molecular weight excluding hydrogens is 276 g/mol. The lowest BCUT2D eigenvalue weighted by molar-refractivity contribution is -0.353. The highest BCUT2D eigenvalue weighted by Gasteiger charge is 2.58. The Morgan fingerprint density at radius 3 is 2.48 bits per heavy atom. The molecule has 5 atom stereocenters. The summed E-state index contributed by atoms with van der Waals surface area (Å²) in [5.74, 6) is -1.28. The third kappa shape index (κ3) is 3.39. The van der Waals surface area contributed by atoms with Crippen LogP contribution in [0.2, 0.25) is 0 Å². The van der Waals surface area contributed by atoms with Gasteiger partial charge in [0.05, 0.1) is 0 Å². The average molecular weight is 300 g/mol. The second kappa shape index (κ2) is 6.77. The molecule has 6 heteroatoms. The number of aldehydes is 2. The molecule has 1 aliphatic carbocycles. The second-order valence-corrected chi connectivity index (χ2v) is 6.36. The Kier molecular flexibility index (Phi) is 5.78. The van der Waals surface area contributed by atoms with Crippen LogP contribution < -0.4 is 0 Å². The fourth-order valence-electron chi connectivity index (χ4n) is 3.58.